The summed E-state index contributed by atoms with van der Waals surface area (Å²) in [6.07, 6.45) is 0. The summed E-state index contributed by atoms with van der Waals surface area (Å²) in [5.74, 6) is 1.55. The van der Waals surface area contributed by atoms with Crippen LogP contribution >= 0.6 is 11.6 Å². The topological polar surface area (TPSA) is 60.2 Å². The van der Waals surface area contributed by atoms with Crippen LogP contribution in [-0.4, -0.2) is 17.2 Å². The minimum Gasteiger partial charge on any atom is -0.482 e. The standard InChI is InChI=1S/C12H14ClN3O2/c1-8-15-16-12(18-8)7-17-11-4-3-9(6-14-2)5-10(11)13/h3-5,14H,6-7H2,1-2H3. The van der Waals surface area contributed by atoms with Crippen LogP contribution in [0.25, 0.3) is 0 Å². The molecule has 1 N–H and O–H groups in total. The predicted molar refractivity (Wildman–Crippen MR) is 67.6 cm³/mol. The van der Waals surface area contributed by atoms with E-state index in [4.69, 9.17) is 20.8 Å². The number of nitrogens with zero attached hydrogens (tertiary/aromatic N) is 2. The quantitative estimate of drug-likeness (QED) is 0.901. The number of nitrogens with one attached hydrogen (secondary N) is 1. The van der Waals surface area contributed by atoms with E-state index >= 15 is 0 Å². The van der Waals surface area contributed by atoms with Gasteiger partial charge in [0.05, 0.1) is 5.02 Å². The summed E-state index contributed by atoms with van der Waals surface area (Å²) in [5.41, 5.74) is 1.10. The average Bonchev–Trinajstić information content (AvgIpc) is 2.74. The molecule has 6 heteroatoms. The van der Waals surface area contributed by atoms with Crippen LogP contribution < -0.4 is 10.1 Å². The van der Waals surface area contributed by atoms with Crippen molar-refractivity contribution in [1.82, 2.24) is 15.5 Å². The van der Waals surface area contributed by atoms with Gasteiger partial charge >= 0.3 is 0 Å². The monoisotopic (exact) mass is 267 g/mol. The van der Waals surface area contributed by atoms with Crippen molar-refractivity contribution in [3.05, 3.63) is 40.6 Å². The van der Waals surface area contributed by atoms with Gasteiger partial charge in [-0.3, -0.25) is 0 Å². The molecule has 0 amide bonds. The summed E-state index contributed by atoms with van der Waals surface area (Å²) in [5, 5.41) is 11.2. The molecule has 0 spiro atoms. The fourth-order valence-corrected chi connectivity index (χ4v) is 1.77. The summed E-state index contributed by atoms with van der Waals surface area (Å²) in [6.45, 7) is 2.71. The van der Waals surface area contributed by atoms with Crippen LogP contribution in [0.15, 0.2) is 22.6 Å². The highest BCUT2D eigenvalue weighted by Gasteiger charge is 2.06. The van der Waals surface area contributed by atoms with Crippen LogP contribution in [0.4, 0.5) is 0 Å². The Kier molecular flexibility index (Phi) is 4.17. The van der Waals surface area contributed by atoms with Crippen molar-refractivity contribution in [1.29, 1.82) is 0 Å². The molecule has 1 heterocycles. The van der Waals surface area contributed by atoms with Crippen molar-refractivity contribution < 1.29 is 9.15 Å². The maximum Gasteiger partial charge on any atom is 0.253 e. The van der Waals surface area contributed by atoms with Crippen molar-refractivity contribution in [2.75, 3.05) is 7.05 Å². The fraction of sp³-hybridized carbons (Fsp3) is 0.333. The van der Waals surface area contributed by atoms with Gasteiger partial charge in [-0.05, 0) is 24.7 Å². The van der Waals surface area contributed by atoms with E-state index in [9.17, 15) is 0 Å². The van der Waals surface area contributed by atoms with Gasteiger partial charge in [-0.1, -0.05) is 17.7 Å². The number of aromatic nitrogens is 2. The lowest BCUT2D eigenvalue weighted by Crippen LogP contribution is -2.05. The summed E-state index contributed by atoms with van der Waals surface area (Å²) in [4.78, 5) is 0. The molecule has 1 aromatic carbocycles. The molecule has 0 aliphatic carbocycles. The molecule has 0 atom stereocenters. The van der Waals surface area contributed by atoms with Crippen molar-refractivity contribution >= 4 is 11.6 Å². The van der Waals surface area contributed by atoms with Crippen LogP contribution in [0.2, 0.25) is 5.02 Å². The van der Waals surface area contributed by atoms with Gasteiger partial charge in [-0.15, -0.1) is 10.2 Å². The molecule has 0 bridgehead atoms. The second kappa shape index (κ2) is 5.84. The van der Waals surface area contributed by atoms with Gasteiger partial charge in [-0.2, -0.15) is 0 Å². The molecule has 2 aromatic rings. The predicted octanol–water partition coefficient (Wildman–Crippen LogP) is 2.33. The largest absolute Gasteiger partial charge is 0.482 e. The smallest absolute Gasteiger partial charge is 0.253 e. The Labute approximate surface area is 110 Å². The lowest BCUT2D eigenvalue weighted by Gasteiger charge is -2.07. The normalized spacial score (nSPS) is 10.6. The first-order valence-corrected chi connectivity index (χ1v) is 5.91. The summed E-state index contributed by atoms with van der Waals surface area (Å²) >= 11 is 6.12. The van der Waals surface area contributed by atoms with E-state index in [0.717, 1.165) is 12.1 Å². The molecule has 5 nitrogen and oxygen atoms in total. The Morgan fingerprint density at radius 1 is 1.39 bits per heavy atom. The van der Waals surface area contributed by atoms with Gasteiger partial charge in [-0.25, -0.2) is 0 Å². The number of halogens is 1. The number of hydrogen-bond acceptors (Lipinski definition) is 5. The highest BCUT2D eigenvalue weighted by Crippen LogP contribution is 2.26. The molecule has 0 aliphatic rings. The molecular formula is C12H14ClN3O2. The Balaban J connectivity index is 2.01. The van der Waals surface area contributed by atoms with Crippen LogP contribution in [0.1, 0.15) is 17.3 Å². The maximum absolute atomic E-state index is 6.12. The van der Waals surface area contributed by atoms with Crippen LogP contribution in [0.3, 0.4) is 0 Å². The third-order valence-corrected chi connectivity index (χ3v) is 2.59. The average molecular weight is 268 g/mol. The number of benzene rings is 1. The first kappa shape index (κ1) is 12.9. The Bertz CT molecular complexity index is 528. The second-order valence-electron chi connectivity index (χ2n) is 3.80. The number of hydrogen-bond donors (Lipinski definition) is 1. The minimum absolute atomic E-state index is 0.214. The lowest BCUT2D eigenvalue weighted by atomic mass is 10.2. The third kappa shape index (κ3) is 3.21. The molecular weight excluding hydrogens is 254 g/mol. The molecule has 0 aliphatic heterocycles. The van der Waals surface area contributed by atoms with Gasteiger partial charge in [0.2, 0.25) is 5.89 Å². The Morgan fingerprint density at radius 3 is 2.83 bits per heavy atom. The summed E-state index contributed by atoms with van der Waals surface area (Å²) < 4.78 is 10.7. The molecule has 0 saturated heterocycles. The van der Waals surface area contributed by atoms with Crippen molar-refractivity contribution in [3.8, 4) is 5.75 Å². The zero-order chi connectivity index (χ0) is 13.0. The summed E-state index contributed by atoms with van der Waals surface area (Å²) in [6, 6.07) is 5.65. The van der Waals surface area contributed by atoms with Crippen molar-refractivity contribution in [2.24, 2.45) is 0 Å². The Morgan fingerprint density at radius 2 is 2.22 bits per heavy atom. The first-order valence-electron chi connectivity index (χ1n) is 5.54. The van der Waals surface area contributed by atoms with Gasteiger partial charge in [0.1, 0.15) is 5.75 Å². The second-order valence-corrected chi connectivity index (χ2v) is 4.21. The van der Waals surface area contributed by atoms with E-state index < -0.39 is 0 Å². The maximum atomic E-state index is 6.12. The van der Waals surface area contributed by atoms with E-state index in [1.54, 1.807) is 6.92 Å². The number of ether oxygens (including phenoxy) is 1. The van der Waals surface area contributed by atoms with Gasteiger partial charge in [0.25, 0.3) is 5.89 Å². The van der Waals surface area contributed by atoms with Gasteiger partial charge in [0, 0.05) is 13.5 Å². The molecule has 1 aromatic heterocycles. The van der Waals surface area contributed by atoms with E-state index in [2.05, 4.69) is 15.5 Å². The highest BCUT2D eigenvalue weighted by atomic mass is 35.5. The fourth-order valence-electron chi connectivity index (χ4n) is 1.51. The molecule has 0 saturated carbocycles. The number of rotatable bonds is 5. The Hall–Kier alpha value is -1.59. The van der Waals surface area contributed by atoms with Crippen molar-refractivity contribution in [2.45, 2.75) is 20.1 Å². The highest BCUT2D eigenvalue weighted by molar-refractivity contribution is 6.32. The zero-order valence-electron chi connectivity index (χ0n) is 10.2. The lowest BCUT2D eigenvalue weighted by molar-refractivity contribution is 0.260. The van der Waals surface area contributed by atoms with Crippen molar-refractivity contribution in [3.63, 3.8) is 0 Å². The molecule has 2 rings (SSSR count). The van der Waals surface area contributed by atoms with E-state index in [1.807, 2.05) is 25.2 Å². The SMILES string of the molecule is CNCc1ccc(OCc2nnc(C)o2)c(Cl)c1. The van der Waals surface area contributed by atoms with Crippen LogP contribution in [0.5, 0.6) is 5.75 Å². The molecule has 0 unspecified atom stereocenters. The third-order valence-electron chi connectivity index (χ3n) is 2.30. The molecule has 18 heavy (non-hydrogen) atoms. The van der Waals surface area contributed by atoms with Crippen LogP contribution in [-0.2, 0) is 13.2 Å². The van der Waals surface area contributed by atoms with Gasteiger partial charge in [0.15, 0.2) is 6.61 Å². The molecule has 96 valence electrons. The molecule has 0 fully saturated rings. The minimum atomic E-state index is 0.214. The molecule has 0 radical (unpaired) electrons. The van der Waals surface area contributed by atoms with E-state index in [1.165, 1.54) is 0 Å². The van der Waals surface area contributed by atoms with E-state index in [-0.39, 0.29) is 6.61 Å². The van der Waals surface area contributed by atoms with Gasteiger partial charge < -0.3 is 14.5 Å². The van der Waals surface area contributed by atoms with Crippen LogP contribution in [0, 0.1) is 6.92 Å². The summed E-state index contributed by atoms with van der Waals surface area (Å²) in [7, 11) is 1.89. The number of aryl methyl sites for hydroxylation is 1. The van der Waals surface area contributed by atoms with E-state index in [0.29, 0.717) is 22.6 Å². The zero-order valence-corrected chi connectivity index (χ0v) is 11.0. The first-order chi connectivity index (χ1) is 8.69.